The quantitative estimate of drug-likeness (QED) is 0.917. The molecule has 0 aromatic carbocycles. The molecule has 84 valence electrons. The van der Waals surface area contributed by atoms with E-state index in [4.69, 9.17) is 9.84 Å². The van der Waals surface area contributed by atoms with Gasteiger partial charge in [0.05, 0.1) is 17.3 Å². The van der Waals surface area contributed by atoms with Crippen LogP contribution in [0.3, 0.4) is 0 Å². The zero-order valence-corrected chi connectivity index (χ0v) is 10.3. The molecule has 0 amide bonds. The van der Waals surface area contributed by atoms with Crippen molar-refractivity contribution in [2.24, 2.45) is 0 Å². The van der Waals surface area contributed by atoms with Crippen LogP contribution in [0, 0.1) is 6.92 Å². The Morgan fingerprint density at radius 2 is 2.25 bits per heavy atom. The molecule has 2 aromatic rings. The first-order valence-electron chi connectivity index (χ1n) is 4.51. The Bertz CT molecular complexity index is 577. The number of pyridine rings is 1. The summed E-state index contributed by atoms with van der Waals surface area (Å²) in [7, 11) is 1.49. The molecule has 2 rings (SSSR count). The number of fused-ring (bicyclic) bond motifs is 1. The summed E-state index contributed by atoms with van der Waals surface area (Å²) in [5, 5.41) is 9.13. The van der Waals surface area contributed by atoms with E-state index in [-0.39, 0.29) is 5.69 Å². The van der Waals surface area contributed by atoms with Gasteiger partial charge in [-0.3, -0.25) is 4.40 Å². The molecule has 0 aliphatic rings. The van der Waals surface area contributed by atoms with Gasteiger partial charge in [-0.2, -0.15) is 0 Å². The van der Waals surface area contributed by atoms with Crippen LogP contribution in [0.2, 0.25) is 0 Å². The Balaban J connectivity index is 2.94. The van der Waals surface area contributed by atoms with Crippen LogP contribution in [-0.4, -0.2) is 27.6 Å². The minimum Gasteiger partial charge on any atom is -0.481 e. The van der Waals surface area contributed by atoms with Gasteiger partial charge in [-0.15, -0.1) is 0 Å². The molecule has 0 atom stereocenters. The summed E-state index contributed by atoms with van der Waals surface area (Å²) in [4.78, 5) is 15.3. The van der Waals surface area contributed by atoms with Gasteiger partial charge in [0.25, 0.3) is 0 Å². The maximum atomic E-state index is 11.1. The summed E-state index contributed by atoms with van der Waals surface area (Å²) >= 11 is 3.30. The highest BCUT2D eigenvalue weighted by molar-refractivity contribution is 9.10. The lowest BCUT2D eigenvalue weighted by atomic mass is 10.3. The number of rotatable bonds is 2. The molecule has 0 aliphatic carbocycles. The molecule has 6 heteroatoms. The van der Waals surface area contributed by atoms with Crippen molar-refractivity contribution in [2.45, 2.75) is 6.92 Å². The average Bonchev–Trinajstić information content (AvgIpc) is 2.54. The lowest BCUT2D eigenvalue weighted by Gasteiger charge is -2.07. The average molecular weight is 285 g/mol. The van der Waals surface area contributed by atoms with Crippen LogP contribution < -0.4 is 4.74 Å². The fourth-order valence-electron chi connectivity index (χ4n) is 1.63. The fourth-order valence-corrected chi connectivity index (χ4v) is 2.10. The molecule has 2 aromatic heterocycles. The third kappa shape index (κ3) is 1.46. The van der Waals surface area contributed by atoms with Crippen molar-refractivity contribution < 1.29 is 14.6 Å². The Labute approximate surface area is 99.8 Å². The molecule has 0 spiro atoms. The molecule has 5 nitrogen and oxygen atoms in total. The molecule has 0 bridgehead atoms. The summed E-state index contributed by atoms with van der Waals surface area (Å²) in [5.41, 5.74) is 1.13. The molecule has 2 heterocycles. The molecule has 0 radical (unpaired) electrons. The molecule has 1 N–H and O–H groups in total. The molecular weight excluding hydrogens is 276 g/mol. The monoisotopic (exact) mass is 284 g/mol. The smallest absolute Gasteiger partial charge is 0.354 e. The van der Waals surface area contributed by atoms with Gasteiger partial charge in [-0.05, 0) is 35.0 Å². The fraction of sp³-hybridized carbons (Fsp3) is 0.200. The lowest BCUT2D eigenvalue weighted by Crippen LogP contribution is -2.06. The largest absolute Gasteiger partial charge is 0.481 e. The summed E-state index contributed by atoms with van der Waals surface area (Å²) in [6, 6.07) is 3.50. The van der Waals surface area contributed by atoms with Crippen LogP contribution in [0.5, 0.6) is 5.88 Å². The summed E-state index contributed by atoms with van der Waals surface area (Å²) in [5.74, 6) is -0.600. The standard InChI is InChI=1S/C10H9BrN2O3/c1-5-8(10(14)15)13-7(12-5)4-3-6(11)9(13)16-2/h3-4H,1-2H3,(H,14,15). The normalized spacial score (nSPS) is 10.7. The maximum absolute atomic E-state index is 11.1. The Kier molecular flexibility index (Phi) is 2.59. The molecule has 0 unspecified atom stereocenters. The van der Waals surface area contributed by atoms with Gasteiger partial charge < -0.3 is 9.84 Å². The summed E-state index contributed by atoms with van der Waals surface area (Å²) in [6.07, 6.45) is 0. The van der Waals surface area contributed by atoms with E-state index in [9.17, 15) is 4.79 Å². The van der Waals surface area contributed by atoms with Crippen molar-refractivity contribution in [1.82, 2.24) is 9.38 Å². The third-order valence-electron chi connectivity index (χ3n) is 2.26. The van der Waals surface area contributed by atoms with Gasteiger partial charge >= 0.3 is 5.97 Å². The first-order valence-corrected chi connectivity index (χ1v) is 5.30. The second-order valence-corrected chi connectivity index (χ2v) is 4.09. The predicted molar refractivity (Wildman–Crippen MR) is 61.1 cm³/mol. The van der Waals surface area contributed by atoms with Gasteiger partial charge in [-0.1, -0.05) is 0 Å². The van der Waals surface area contributed by atoms with E-state index in [0.29, 0.717) is 21.7 Å². The van der Waals surface area contributed by atoms with E-state index in [1.54, 1.807) is 19.1 Å². The maximum Gasteiger partial charge on any atom is 0.354 e. The first kappa shape index (κ1) is 10.9. The van der Waals surface area contributed by atoms with Crippen LogP contribution in [0.4, 0.5) is 0 Å². The number of carboxylic acids is 1. The lowest BCUT2D eigenvalue weighted by molar-refractivity contribution is 0.0687. The van der Waals surface area contributed by atoms with Gasteiger partial charge in [-0.25, -0.2) is 9.78 Å². The predicted octanol–water partition coefficient (Wildman–Crippen LogP) is 2.11. The third-order valence-corrected chi connectivity index (χ3v) is 2.86. The summed E-state index contributed by atoms with van der Waals surface area (Å²) in [6.45, 7) is 1.66. The van der Waals surface area contributed by atoms with E-state index in [1.807, 2.05) is 0 Å². The number of hydrogen-bond acceptors (Lipinski definition) is 3. The summed E-state index contributed by atoms with van der Waals surface area (Å²) < 4.78 is 7.33. The number of carboxylic acid groups (broad SMARTS) is 1. The van der Waals surface area contributed by atoms with Crippen LogP contribution >= 0.6 is 15.9 Å². The zero-order chi connectivity index (χ0) is 11.9. The second kappa shape index (κ2) is 3.79. The number of aromatic carboxylic acids is 1. The number of ether oxygens (including phenoxy) is 1. The highest BCUT2D eigenvalue weighted by Gasteiger charge is 2.19. The number of aromatic nitrogens is 2. The number of methoxy groups -OCH3 is 1. The topological polar surface area (TPSA) is 63.8 Å². The van der Waals surface area contributed by atoms with Crippen molar-refractivity contribution in [3.05, 3.63) is 28.0 Å². The first-order chi connectivity index (χ1) is 7.56. The van der Waals surface area contributed by atoms with Crippen LogP contribution in [0.15, 0.2) is 16.6 Å². The van der Waals surface area contributed by atoms with E-state index >= 15 is 0 Å². The minimum absolute atomic E-state index is 0.119. The highest BCUT2D eigenvalue weighted by Crippen LogP contribution is 2.28. The van der Waals surface area contributed by atoms with Gasteiger partial charge in [0.2, 0.25) is 5.88 Å². The zero-order valence-electron chi connectivity index (χ0n) is 8.69. The molecule has 0 saturated carbocycles. The van der Waals surface area contributed by atoms with Gasteiger partial charge in [0.1, 0.15) is 5.65 Å². The van der Waals surface area contributed by atoms with Gasteiger partial charge in [0, 0.05) is 0 Å². The van der Waals surface area contributed by atoms with Crippen LogP contribution in [0.25, 0.3) is 5.65 Å². The Morgan fingerprint density at radius 1 is 1.56 bits per heavy atom. The Morgan fingerprint density at radius 3 is 2.81 bits per heavy atom. The molecular formula is C10H9BrN2O3. The van der Waals surface area contributed by atoms with Crippen molar-refractivity contribution in [2.75, 3.05) is 7.11 Å². The van der Waals surface area contributed by atoms with E-state index in [0.717, 1.165) is 0 Å². The van der Waals surface area contributed by atoms with E-state index in [2.05, 4.69) is 20.9 Å². The molecule has 0 saturated heterocycles. The molecule has 16 heavy (non-hydrogen) atoms. The van der Waals surface area contributed by atoms with E-state index in [1.165, 1.54) is 11.5 Å². The Hall–Kier alpha value is -1.56. The van der Waals surface area contributed by atoms with Gasteiger partial charge in [0.15, 0.2) is 5.69 Å². The molecule has 0 fully saturated rings. The van der Waals surface area contributed by atoms with Crippen molar-refractivity contribution >= 4 is 27.5 Å². The number of nitrogens with zero attached hydrogens (tertiary/aromatic N) is 2. The second-order valence-electron chi connectivity index (χ2n) is 3.24. The van der Waals surface area contributed by atoms with E-state index < -0.39 is 5.97 Å². The number of imidazole rings is 1. The highest BCUT2D eigenvalue weighted by atomic mass is 79.9. The van der Waals surface area contributed by atoms with Crippen LogP contribution in [-0.2, 0) is 0 Å². The minimum atomic E-state index is -1.03. The number of carbonyl (C=O) groups is 1. The number of hydrogen-bond donors (Lipinski definition) is 1. The van der Waals surface area contributed by atoms with Crippen molar-refractivity contribution in [3.8, 4) is 5.88 Å². The number of aryl methyl sites for hydroxylation is 1. The number of halogens is 1. The van der Waals surface area contributed by atoms with Crippen molar-refractivity contribution in [1.29, 1.82) is 0 Å². The molecule has 0 aliphatic heterocycles. The van der Waals surface area contributed by atoms with Crippen molar-refractivity contribution in [3.63, 3.8) is 0 Å². The SMILES string of the molecule is COc1c(Br)ccc2nc(C)c(C(=O)O)n12. The van der Waals surface area contributed by atoms with Crippen LogP contribution in [0.1, 0.15) is 16.2 Å².